The molecule has 5 nitrogen and oxygen atoms in total. The van der Waals surface area contributed by atoms with Gasteiger partial charge in [-0.1, -0.05) is 40.7 Å². The van der Waals surface area contributed by atoms with Crippen molar-refractivity contribution in [1.82, 2.24) is 15.4 Å². The summed E-state index contributed by atoms with van der Waals surface area (Å²) in [7, 11) is 0. The van der Waals surface area contributed by atoms with E-state index < -0.39 is 0 Å². The van der Waals surface area contributed by atoms with Crippen LogP contribution in [0.2, 0.25) is 0 Å². The predicted octanol–water partition coefficient (Wildman–Crippen LogP) is 5.05. The van der Waals surface area contributed by atoms with Crippen LogP contribution in [0.4, 0.5) is 0 Å². The normalized spacial score (nSPS) is 11.0. The van der Waals surface area contributed by atoms with Crippen LogP contribution in [-0.4, -0.2) is 15.4 Å². The summed E-state index contributed by atoms with van der Waals surface area (Å²) >= 11 is 3.07. The van der Waals surface area contributed by atoms with Gasteiger partial charge in [0, 0.05) is 17.4 Å². The number of benzene rings is 1. The number of thioether (sulfide) groups is 1. The molecule has 0 atom stereocenters. The fourth-order valence-electron chi connectivity index (χ4n) is 2.21. The Morgan fingerprint density at radius 2 is 2.08 bits per heavy atom. The Morgan fingerprint density at radius 3 is 2.92 bits per heavy atom. The Morgan fingerprint density at radius 1 is 1.12 bits per heavy atom. The molecule has 1 aromatic carbocycles. The topological polar surface area (TPSA) is 65.0 Å². The van der Waals surface area contributed by atoms with E-state index in [1.807, 2.05) is 54.8 Å². The van der Waals surface area contributed by atoms with Gasteiger partial charge in [-0.15, -0.1) is 21.5 Å². The van der Waals surface area contributed by atoms with Gasteiger partial charge in [0.15, 0.2) is 5.76 Å². The SMILES string of the molecule is Cc1cccc(-c2nnc(SCc3cc(-c4cccs4)on3)o2)c1. The van der Waals surface area contributed by atoms with E-state index in [9.17, 15) is 0 Å². The molecule has 3 aromatic heterocycles. The smallest absolute Gasteiger partial charge is 0.277 e. The number of rotatable bonds is 5. The molecule has 0 N–H and O–H groups in total. The highest BCUT2D eigenvalue weighted by molar-refractivity contribution is 7.98. The molecule has 0 aliphatic heterocycles. The summed E-state index contributed by atoms with van der Waals surface area (Å²) in [5, 5.41) is 14.8. The number of nitrogens with zero attached hydrogens (tertiary/aromatic N) is 3. The van der Waals surface area contributed by atoms with Gasteiger partial charge in [-0.25, -0.2) is 0 Å². The lowest BCUT2D eigenvalue weighted by atomic mass is 10.1. The molecular weight excluding hydrogens is 342 g/mol. The van der Waals surface area contributed by atoms with Gasteiger partial charge in [-0.2, -0.15) is 0 Å². The number of aromatic nitrogens is 3. The lowest BCUT2D eigenvalue weighted by Crippen LogP contribution is -1.79. The summed E-state index contributed by atoms with van der Waals surface area (Å²) in [4.78, 5) is 1.07. The zero-order chi connectivity index (χ0) is 16.4. The molecule has 0 fully saturated rings. The van der Waals surface area contributed by atoms with Crippen molar-refractivity contribution in [2.75, 3.05) is 0 Å². The summed E-state index contributed by atoms with van der Waals surface area (Å²) in [5.74, 6) is 1.93. The van der Waals surface area contributed by atoms with Crippen LogP contribution in [0.15, 0.2) is 62.0 Å². The van der Waals surface area contributed by atoms with Gasteiger partial charge < -0.3 is 8.94 Å². The first kappa shape index (κ1) is 15.2. The Hall–Kier alpha value is -2.38. The van der Waals surface area contributed by atoms with Crippen LogP contribution in [0.3, 0.4) is 0 Å². The number of hydrogen-bond donors (Lipinski definition) is 0. The van der Waals surface area contributed by atoms with E-state index in [1.54, 1.807) is 11.3 Å². The molecule has 0 saturated carbocycles. The Bertz CT molecular complexity index is 944. The maximum atomic E-state index is 5.71. The van der Waals surface area contributed by atoms with E-state index in [4.69, 9.17) is 8.94 Å². The van der Waals surface area contributed by atoms with Crippen molar-refractivity contribution < 1.29 is 8.94 Å². The Labute approximate surface area is 146 Å². The second kappa shape index (κ2) is 6.62. The monoisotopic (exact) mass is 355 g/mol. The zero-order valence-electron chi connectivity index (χ0n) is 12.8. The molecule has 0 aliphatic carbocycles. The van der Waals surface area contributed by atoms with Gasteiger partial charge in [-0.05, 0) is 30.5 Å². The minimum atomic E-state index is 0.521. The number of thiophene rings is 1. The van der Waals surface area contributed by atoms with E-state index in [0.29, 0.717) is 16.9 Å². The van der Waals surface area contributed by atoms with Crippen LogP contribution in [0.25, 0.3) is 22.1 Å². The molecular formula is C17H13N3O2S2. The lowest BCUT2D eigenvalue weighted by Gasteiger charge is -1.95. The molecule has 4 aromatic rings. The fraction of sp³-hybridized carbons (Fsp3) is 0.118. The summed E-state index contributed by atoms with van der Waals surface area (Å²) in [5.41, 5.74) is 2.93. The third-order valence-electron chi connectivity index (χ3n) is 3.34. The summed E-state index contributed by atoms with van der Waals surface area (Å²) in [6, 6.07) is 13.9. The highest BCUT2D eigenvalue weighted by Crippen LogP contribution is 2.29. The summed E-state index contributed by atoms with van der Waals surface area (Å²) < 4.78 is 11.1. The van der Waals surface area contributed by atoms with Crippen molar-refractivity contribution in [3.05, 3.63) is 59.1 Å². The second-order valence-electron chi connectivity index (χ2n) is 5.19. The average molecular weight is 355 g/mol. The molecule has 4 rings (SSSR count). The molecule has 0 aliphatic rings. The molecule has 0 spiro atoms. The molecule has 0 bridgehead atoms. The molecule has 0 saturated heterocycles. The summed E-state index contributed by atoms with van der Waals surface area (Å²) in [6.07, 6.45) is 0. The molecule has 7 heteroatoms. The zero-order valence-corrected chi connectivity index (χ0v) is 14.4. The standard InChI is InChI=1S/C17H13N3O2S2/c1-11-4-2-5-12(8-11)16-18-19-17(21-16)24-10-13-9-14(22-20-13)15-6-3-7-23-15/h2-9H,10H2,1H3. The first-order valence-electron chi connectivity index (χ1n) is 7.31. The molecule has 120 valence electrons. The van der Waals surface area contributed by atoms with E-state index in [1.165, 1.54) is 11.8 Å². The van der Waals surface area contributed by atoms with Gasteiger partial charge in [0.05, 0.1) is 10.6 Å². The van der Waals surface area contributed by atoms with Gasteiger partial charge in [0.25, 0.3) is 5.22 Å². The van der Waals surface area contributed by atoms with Gasteiger partial charge in [0.2, 0.25) is 5.89 Å². The van der Waals surface area contributed by atoms with E-state index in [-0.39, 0.29) is 0 Å². The van der Waals surface area contributed by atoms with Gasteiger partial charge in [0.1, 0.15) is 0 Å². The second-order valence-corrected chi connectivity index (χ2v) is 7.07. The van der Waals surface area contributed by atoms with Gasteiger partial charge in [-0.3, -0.25) is 0 Å². The first-order chi connectivity index (χ1) is 11.8. The maximum absolute atomic E-state index is 5.71. The van der Waals surface area contributed by atoms with Crippen LogP contribution in [0.1, 0.15) is 11.3 Å². The van der Waals surface area contributed by atoms with Crippen molar-refractivity contribution in [1.29, 1.82) is 0 Å². The molecule has 3 heterocycles. The minimum absolute atomic E-state index is 0.521. The largest absolute Gasteiger partial charge is 0.411 e. The van der Waals surface area contributed by atoms with Crippen molar-refractivity contribution in [3.63, 3.8) is 0 Å². The third-order valence-corrected chi connectivity index (χ3v) is 5.07. The molecule has 0 radical (unpaired) electrons. The average Bonchev–Trinajstić information content (AvgIpc) is 3.33. The summed E-state index contributed by atoms with van der Waals surface area (Å²) in [6.45, 7) is 2.03. The van der Waals surface area contributed by atoms with E-state index in [0.717, 1.165) is 27.5 Å². The van der Waals surface area contributed by atoms with Crippen LogP contribution < -0.4 is 0 Å². The number of aryl methyl sites for hydroxylation is 1. The van der Waals surface area contributed by atoms with Crippen molar-refractivity contribution in [3.8, 4) is 22.1 Å². The molecule has 24 heavy (non-hydrogen) atoms. The Kier molecular flexibility index (Phi) is 4.18. The highest BCUT2D eigenvalue weighted by Gasteiger charge is 2.12. The van der Waals surface area contributed by atoms with Crippen LogP contribution in [0, 0.1) is 6.92 Å². The maximum Gasteiger partial charge on any atom is 0.277 e. The Balaban J connectivity index is 1.43. The number of hydrogen-bond acceptors (Lipinski definition) is 7. The van der Waals surface area contributed by atoms with Crippen LogP contribution in [-0.2, 0) is 5.75 Å². The predicted molar refractivity (Wildman–Crippen MR) is 93.8 cm³/mol. The van der Waals surface area contributed by atoms with Crippen LogP contribution >= 0.6 is 23.1 Å². The molecule has 0 unspecified atom stereocenters. The quantitative estimate of drug-likeness (QED) is 0.467. The van der Waals surface area contributed by atoms with E-state index in [2.05, 4.69) is 15.4 Å². The minimum Gasteiger partial charge on any atom is -0.411 e. The highest BCUT2D eigenvalue weighted by atomic mass is 32.2. The molecule has 0 amide bonds. The van der Waals surface area contributed by atoms with Crippen molar-refractivity contribution >= 4 is 23.1 Å². The van der Waals surface area contributed by atoms with Crippen molar-refractivity contribution in [2.24, 2.45) is 0 Å². The van der Waals surface area contributed by atoms with Crippen molar-refractivity contribution in [2.45, 2.75) is 17.9 Å². The fourth-order valence-corrected chi connectivity index (χ4v) is 3.53. The third kappa shape index (κ3) is 3.27. The van der Waals surface area contributed by atoms with Crippen LogP contribution in [0.5, 0.6) is 0 Å². The van der Waals surface area contributed by atoms with E-state index >= 15 is 0 Å². The van der Waals surface area contributed by atoms with Gasteiger partial charge >= 0.3 is 0 Å². The first-order valence-corrected chi connectivity index (χ1v) is 9.17. The lowest BCUT2D eigenvalue weighted by molar-refractivity contribution is 0.427.